The van der Waals surface area contributed by atoms with Crippen molar-refractivity contribution in [3.63, 3.8) is 0 Å². The zero-order valence-electron chi connectivity index (χ0n) is 14.2. The number of aromatic nitrogens is 2. The van der Waals surface area contributed by atoms with Gasteiger partial charge in [-0.15, -0.1) is 21.5 Å². The molecule has 1 aromatic carbocycles. The van der Waals surface area contributed by atoms with Crippen LogP contribution in [0.5, 0.6) is 0 Å². The summed E-state index contributed by atoms with van der Waals surface area (Å²) in [4.78, 5) is 2.54. The lowest BCUT2D eigenvalue weighted by Crippen LogP contribution is -2.57. The maximum Gasteiger partial charge on any atom is 0.131 e. The zero-order chi connectivity index (χ0) is 16.6. The van der Waals surface area contributed by atoms with E-state index in [0.29, 0.717) is 12.0 Å². The molecule has 128 valence electrons. The van der Waals surface area contributed by atoms with Gasteiger partial charge in [0, 0.05) is 18.5 Å². The zero-order valence-corrected chi connectivity index (χ0v) is 15.0. The van der Waals surface area contributed by atoms with Crippen molar-refractivity contribution >= 4 is 11.3 Å². The summed E-state index contributed by atoms with van der Waals surface area (Å²) in [5, 5.41) is 22.2. The van der Waals surface area contributed by atoms with E-state index in [9.17, 15) is 5.11 Å². The first-order chi connectivity index (χ1) is 11.7. The Labute approximate surface area is 147 Å². The van der Waals surface area contributed by atoms with Gasteiger partial charge in [0.25, 0.3) is 0 Å². The quantitative estimate of drug-likeness (QED) is 0.927. The number of rotatable bonds is 3. The van der Waals surface area contributed by atoms with Gasteiger partial charge in [-0.1, -0.05) is 43.2 Å². The summed E-state index contributed by atoms with van der Waals surface area (Å²) in [5.41, 5.74) is 0.410. The lowest BCUT2D eigenvalue weighted by atomic mass is 9.66. The third-order valence-corrected chi connectivity index (χ3v) is 6.60. The third kappa shape index (κ3) is 2.89. The van der Waals surface area contributed by atoms with E-state index in [1.165, 1.54) is 19.3 Å². The normalized spacial score (nSPS) is 30.9. The lowest BCUT2D eigenvalue weighted by molar-refractivity contribution is -0.123. The average Bonchev–Trinajstić information content (AvgIpc) is 3.03. The van der Waals surface area contributed by atoms with Gasteiger partial charge in [0.05, 0.1) is 12.1 Å². The van der Waals surface area contributed by atoms with Crippen molar-refractivity contribution in [3.05, 3.63) is 45.9 Å². The smallest absolute Gasteiger partial charge is 0.131 e. The summed E-state index contributed by atoms with van der Waals surface area (Å²) in [5.74, 6) is 0.316. The minimum Gasteiger partial charge on any atom is -0.385 e. The van der Waals surface area contributed by atoms with Gasteiger partial charge in [-0.2, -0.15) is 0 Å². The predicted molar refractivity (Wildman–Crippen MR) is 95.8 cm³/mol. The second-order valence-corrected chi connectivity index (χ2v) is 8.45. The molecule has 1 aliphatic carbocycles. The van der Waals surface area contributed by atoms with Crippen LogP contribution in [0.1, 0.15) is 47.7 Å². The van der Waals surface area contributed by atoms with E-state index < -0.39 is 5.60 Å². The highest BCUT2D eigenvalue weighted by Crippen LogP contribution is 2.47. The summed E-state index contributed by atoms with van der Waals surface area (Å²) in [6, 6.07) is 10.7. The molecule has 2 aliphatic rings. The van der Waals surface area contributed by atoms with Crippen LogP contribution in [0.4, 0.5) is 0 Å². The summed E-state index contributed by atoms with van der Waals surface area (Å²) in [6.45, 7) is 3.80. The molecule has 5 heteroatoms. The molecule has 0 spiro atoms. The van der Waals surface area contributed by atoms with Crippen molar-refractivity contribution in [2.24, 2.45) is 5.92 Å². The molecule has 1 saturated carbocycles. The Morgan fingerprint density at radius 1 is 1.21 bits per heavy atom. The van der Waals surface area contributed by atoms with Crippen LogP contribution >= 0.6 is 11.3 Å². The number of fused-ring (bicyclic) bond motifs is 1. The van der Waals surface area contributed by atoms with E-state index in [1.807, 2.05) is 25.1 Å². The monoisotopic (exact) mass is 343 g/mol. The van der Waals surface area contributed by atoms with Crippen molar-refractivity contribution < 1.29 is 5.11 Å². The summed E-state index contributed by atoms with van der Waals surface area (Å²) in [6.07, 6.45) is 5.58. The minimum absolute atomic E-state index is 0.316. The molecule has 2 aromatic rings. The average molecular weight is 343 g/mol. The van der Waals surface area contributed by atoms with Crippen molar-refractivity contribution in [1.82, 2.24) is 15.1 Å². The molecule has 24 heavy (non-hydrogen) atoms. The van der Waals surface area contributed by atoms with Gasteiger partial charge >= 0.3 is 0 Å². The van der Waals surface area contributed by atoms with E-state index >= 15 is 0 Å². The van der Waals surface area contributed by atoms with Crippen LogP contribution in [0, 0.1) is 12.8 Å². The molecule has 1 aromatic heterocycles. The molecular formula is C19H25N3OS. The number of aliphatic hydroxyl groups is 1. The van der Waals surface area contributed by atoms with Gasteiger partial charge in [-0.05, 0) is 31.7 Å². The molecule has 0 radical (unpaired) electrons. The van der Waals surface area contributed by atoms with E-state index in [2.05, 4.69) is 27.2 Å². The Bertz CT molecular complexity index is 689. The lowest BCUT2D eigenvalue weighted by Gasteiger charge is -2.52. The molecule has 3 atom stereocenters. The van der Waals surface area contributed by atoms with Gasteiger partial charge in [0.15, 0.2) is 0 Å². The molecule has 0 amide bonds. The van der Waals surface area contributed by atoms with E-state index in [0.717, 1.165) is 41.5 Å². The SMILES string of the molecule is Cc1nnc(CN2CC[C@](O)(c3ccccc3)[C@@H]3CCCC[C@H]32)s1. The first-order valence-corrected chi connectivity index (χ1v) is 9.79. The fourth-order valence-electron chi connectivity index (χ4n) is 4.63. The molecule has 1 aliphatic heterocycles. The van der Waals surface area contributed by atoms with Gasteiger partial charge in [0.1, 0.15) is 10.0 Å². The number of nitrogens with zero attached hydrogens (tertiary/aromatic N) is 3. The Hall–Kier alpha value is -1.30. The fraction of sp³-hybridized carbons (Fsp3) is 0.579. The maximum absolute atomic E-state index is 11.6. The van der Waals surface area contributed by atoms with Crippen LogP contribution in [0.15, 0.2) is 30.3 Å². The predicted octanol–water partition coefficient (Wildman–Crippen LogP) is 3.50. The third-order valence-electron chi connectivity index (χ3n) is 5.77. The summed E-state index contributed by atoms with van der Waals surface area (Å²) in [7, 11) is 0. The van der Waals surface area contributed by atoms with Crippen LogP contribution in [-0.2, 0) is 12.1 Å². The molecule has 4 rings (SSSR count). The topological polar surface area (TPSA) is 49.2 Å². The van der Waals surface area contributed by atoms with E-state index in [4.69, 9.17) is 0 Å². The first-order valence-electron chi connectivity index (χ1n) is 8.98. The fourth-order valence-corrected chi connectivity index (χ4v) is 5.36. The van der Waals surface area contributed by atoms with Gasteiger partial charge in [0.2, 0.25) is 0 Å². The van der Waals surface area contributed by atoms with Crippen molar-refractivity contribution in [2.75, 3.05) is 6.54 Å². The number of hydrogen-bond acceptors (Lipinski definition) is 5. The standard InChI is InChI=1S/C19H25N3OS/c1-14-20-21-18(24-14)13-22-12-11-19(23,15-7-3-2-4-8-15)16-9-5-6-10-17(16)22/h2-4,7-8,16-17,23H,5-6,9-13H2,1H3/t16-,17-,19+/m1/s1. The highest BCUT2D eigenvalue weighted by Gasteiger charge is 2.49. The second-order valence-electron chi connectivity index (χ2n) is 7.18. The van der Waals surface area contributed by atoms with Gasteiger partial charge < -0.3 is 5.11 Å². The molecule has 0 unspecified atom stereocenters. The molecule has 2 heterocycles. The highest BCUT2D eigenvalue weighted by molar-refractivity contribution is 7.11. The van der Waals surface area contributed by atoms with Crippen molar-refractivity contribution in [3.8, 4) is 0 Å². The molecule has 4 nitrogen and oxygen atoms in total. The summed E-state index contributed by atoms with van der Waals surface area (Å²) < 4.78 is 0. The van der Waals surface area contributed by atoms with Crippen LogP contribution < -0.4 is 0 Å². The second kappa shape index (κ2) is 6.54. The van der Waals surface area contributed by atoms with E-state index in [1.54, 1.807) is 11.3 Å². The first kappa shape index (κ1) is 16.2. The number of benzene rings is 1. The largest absolute Gasteiger partial charge is 0.385 e. The number of piperidine rings is 1. The van der Waals surface area contributed by atoms with Crippen LogP contribution in [0.3, 0.4) is 0 Å². The van der Waals surface area contributed by atoms with Crippen LogP contribution in [-0.4, -0.2) is 32.8 Å². The number of aryl methyl sites for hydroxylation is 1. The number of hydrogen-bond donors (Lipinski definition) is 1. The van der Waals surface area contributed by atoms with Crippen molar-refractivity contribution in [2.45, 2.75) is 57.2 Å². The molecule has 1 saturated heterocycles. The molecule has 2 fully saturated rings. The Kier molecular flexibility index (Phi) is 4.41. The molecular weight excluding hydrogens is 318 g/mol. The van der Waals surface area contributed by atoms with Gasteiger partial charge in [-0.25, -0.2) is 0 Å². The van der Waals surface area contributed by atoms with Crippen molar-refractivity contribution in [1.29, 1.82) is 0 Å². The summed E-state index contributed by atoms with van der Waals surface area (Å²) >= 11 is 1.69. The minimum atomic E-state index is -0.681. The Balaban J connectivity index is 1.60. The highest BCUT2D eigenvalue weighted by atomic mass is 32.1. The molecule has 0 bridgehead atoms. The van der Waals surface area contributed by atoms with Crippen LogP contribution in [0.2, 0.25) is 0 Å². The van der Waals surface area contributed by atoms with Crippen LogP contribution in [0.25, 0.3) is 0 Å². The van der Waals surface area contributed by atoms with E-state index in [-0.39, 0.29) is 0 Å². The Morgan fingerprint density at radius 3 is 2.75 bits per heavy atom. The molecule has 1 N–H and O–H groups in total. The maximum atomic E-state index is 11.6. The Morgan fingerprint density at radius 2 is 2.00 bits per heavy atom. The number of likely N-dealkylation sites (tertiary alicyclic amines) is 1. The van der Waals surface area contributed by atoms with Gasteiger partial charge in [-0.3, -0.25) is 4.90 Å².